The lowest BCUT2D eigenvalue weighted by atomic mass is 9.88. The van der Waals surface area contributed by atoms with Gasteiger partial charge in [-0.25, -0.2) is 4.79 Å². The molecule has 1 aliphatic rings. The van der Waals surface area contributed by atoms with Crippen molar-refractivity contribution in [3.05, 3.63) is 34.3 Å². The first kappa shape index (κ1) is 16.0. The third-order valence-corrected chi connectivity index (χ3v) is 4.66. The van der Waals surface area contributed by atoms with E-state index in [-0.39, 0.29) is 11.9 Å². The summed E-state index contributed by atoms with van der Waals surface area (Å²) in [7, 11) is 0. The first-order valence-electron chi connectivity index (χ1n) is 7.41. The average Bonchev–Trinajstić information content (AvgIpc) is 2.67. The van der Waals surface area contributed by atoms with Gasteiger partial charge < -0.3 is 5.32 Å². The molecule has 1 heterocycles. The van der Waals surface area contributed by atoms with Gasteiger partial charge in [-0.1, -0.05) is 60.8 Å². The van der Waals surface area contributed by atoms with Crippen LogP contribution in [0.5, 0.6) is 0 Å². The highest BCUT2D eigenvalue weighted by Gasteiger charge is 2.49. The Morgan fingerprint density at radius 1 is 1.14 bits per heavy atom. The third kappa shape index (κ3) is 3.12. The van der Waals surface area contributed by atoms with Crippen LogP contribution in [0.15, 0.2) is 28.7 Å². The molecular weight excluding hydrogens is 332 g/mol. The SMILES string of the molecule is CCCC1(CCC)NC(=O)N(Cc2ccccc2Br)C1=O. The summed E-state index contributed by atoms with van der Waals surface area (Å²) < 4.78 is 0.911. The van der Waals surface area contributed by atoms with Crippen molar-refractivity contribution in [2.24, 2.45) is 0 Å². The fraction of sp³-hybridized carbons (Fsp3) is 0.500. The first-order chi connectivity index (χ1) is 10.0. The standard InChI is InChI=1S/C16H21BrN2O2/c1-3-9-16(10-4-2)14(20)19(15(21)18-16)11-12-7-5-6-8-13(12)17/h5-8H,3-4,9-11H2,1-2H3,(H,18,21). The molecule has 1 aromatic rings. The third-order valence-electron chi connectivity index (χ3n) is 3.89. The van der Waals surface area contributed by atoms with Crippen LogP contribution < -0.4 is 5.32 Å². The molecule has 0 aromatic heterocycles. The van der Waals surface area contributed by atoms with Crippen molar-refractivity contribution >= 4 is 27.9 Å². The monoisotopic (exact) mass is 352 g/mol. The van der Waals surface area contributed by atoms with Gasteiger partial charge in [0, 0.05) is 4.47 Å². The van der Waals surface area contributed by atoms with Gasteiger partial charge in [0.1, 0.15) is 5.54 Å². The van der Waals surface area contributed by atoms with E-state index in [1.807, 2.05) is 38.1 Å². The quantitative estimate of drug-likeness (QED) is 0.790. The number of rotatable bonds is 6. The number of hydrogen-bond acceptors (Lipinski definition) is 2. The summed E-state index contributed by atoms with van der Waals surface area (Å²) in [5.74, 6) is -0.0908. The van der Waals surface area contributed by atoms with Crippen LogP contribution in [0.25, 0.3) is 0 Å². The van der Waals surface area contributed by atoms with E-state index in [4.69, 9.17) is 0 Å². The van der Waals surface area contributed by atoms with Gasteiger partial charge in [0.25, 0.3) is 5.91 Å². The first-order valence-corrected chi connectivity index (χ1v) is 8.21. The topological polar surface area (TPSA) is 49.4 Å². The van der Waals surface area contributed by atoms with Gasteiger partial charge in [0.2, 0.25) is 0 Å². The number of urea groups is 1. The Morgan fingerprint density at radius 2 is 1.76 bits per heavy atom. The van der Waals surface area contributed by atoms with E-state index in [1.54, 1.807) is 0 Å². The second-order valence-electron chi connectivity index (χ2n) is 5.49. The van der Waals surface area contributed by atoms with Crippen molar-refractivity contribution < 1.29 is 9.59 Å². The summed E-state index contributed by atoms with van der Waals surface area (Å²) >= 11 is 3.46. The van der Waals surface area contributed by atoms with Crippen LogP contribution in [0.1, 0.15) is 45.1 Å². The molecule has 0 unspecified atom stereocenters. The van der Waals surface area contributed by atoms with E-state index >= 15 is 0 Å². The molecule has 1 fully saturated rings. The van der Waals surface area contributed by atoms with Crippen LogP contribution in [-0.2, 0) is 11.3 Å². The highest BCUT2D eigenvalue weighted by atomic mass is 79.9. The van der Waals surface area contributed by atoms with Gasteiger partial charge in [-0.3, -0.25) is 9.69 Å². The molecule has 114 valence electrons. The average molecular weight is 353 g/mol. The molecule has 1 N–H and O–H groups in total. The Bertz CT molecular complexity index is 539. The zero-order valence-corrected chi connectivity index (χ0v) is 14.1. The summed E-state index contributed by atoms with van der Waals surface area (Å²) in [4.78, 5) is 26.3. The number of halogens is 1. The van der Waals surface area contributed by atoms with Gasteiger partial charge in [-0.15, -0.1) is 0 Å². The smallest absolute Gasteiger partial charge is 0.323 e. The van der Waals surface area contributed by atoms with Crippen LogP contribution in [-0.4, -0.2) is 22.4 Å². The lowest BCUT2D eigenvalue weighted by molar-refractivity contribution is -0.132. The zero-order chi connectivity index (χ0) is 15.5. The van der Waals surface area contributed by atoms with Crippen LogP contribution >= 0.6 is 15.9 Å². The normalized spacial score (nSPS) is 17.2. The fourth-order valence-corrected chi connectivity index (χ4v) is 3.34. The minimum atomic E-state index is -0.707. The van der Waals surface area contributed by atoms with Gasteiger partial charge in [-0.2, -0.15) is 0 Å². The van der Waals surface area contributed by atoms with Crippen molar-refractivity contribution in [2.75, 3.05) is 0 Å². The largest absolute Gasteiger partial charge is 0.325 e. The van der Waals surface area contributed by atoms with E-state index in [0.29, 0.717) is 19.4 Å². The number of benzene rings is 1. The van der Waals surface area contributed by atoms with E-state index in [1.165, 1.54) is 4.90 Å². The molecule has 5 heteroatoms. The highest BCUT2D eigenvalue weighted by molar-refractivity contribution is 9.10. The van der Waals surface area contributed by atoms with Gasteiger partial charge in [-0.05, 0) is 24.5 Å². The predicted octanol–water partition coefficient (Wildman–Crippen LogP) is 3.84. The molecule has 21 heavy (non-hydrogen) atoms. The van der Waals surface area contributed by atoms with Crippen LogP contribution in [0, 0.1) is 0 Å². The minimum absolute atomic E-state index is 0.0908. The maximum absolute atomic E-state index is 12.8. The molecule has 0 aliphatic carbocycles. The predicted molar refractivity (Wildman–Crippen MR) is 85.8 cm³/mol. The summed E-state index contributed by atoms with van der Waals surface area (Å²) in [6.45, 7) is 4.38. The molecule has 2 rings (SSSR count). The second-order valence-corrected chi connectivity index (χ2v) is 6.35. The van der Waals surface area contributed by atoms with Gasteiger partial charge >= 0.3 is 6.03 Å². The summed E-state index contributed by atoms with van der Waals surface area (Å²) in [6.07, 6.45) is 3.12. The van der Waals surface area contributed by atoms with Crippen LogP contribution in [0.4, 0.5) is 4.79 Å². The molecule has 1 saturated heterocycles. The molecule has 1 aliphatic heterocycles. The number of amides is 3. The van der Waals surface area contributed by atoms with E-state index in [0.717, 1.165) is 22.9 Å². The Balaban J connectivity index is 2.23. The number of nitrogens with zero attached hydrogens (tertiary/aromatic N) is 1. The van der Waals surface area contributed by atoms with Crippen molar-refractivity contribution in [1.29, 1.82) is 0 Å². The van der Waals surface area contributed by atoms with Crippen molar-refractivity contribution in [1.82, 2.24) is 10.2 Å². The zero-order valence-electron chi connectivity index (χ0n) is 12.5. The molecule has 4 nitrogen and oxygen atoms in total. The van der Waals surface area contributed by atoms with Gasteiger partial charge in [0.15, 0.2) is 0 Å². The Kier molecular flexibility index (Phi) is 5.04. The van der Waals surface area contributed by atoms with Crippen LogP contribution in [0.2, 0.25) is 0 Å². The molecule has 0 saturated carbocycles. The van der Waals surface area contributed by atoms with Crippen LogP contribution in [0.3, 0.4) is 0 Å². The number of hydrogen-bond donors (Lipinski definition) is 1. The lowest BCUT2D eigenvalue weighted by Crippen LogP contribution is -2.46. The summed E-state index contributed by atoms with van der Waals surface area (Å²) in [5.41, 5.74) is 0.228. The molecule has 0 atom stereocenters. The molecule has 0 bridgehead atoms. The Hall–Kier alpha value is -1.36. The number of carbonyl (C=O) groups is 2. The fourth-order valence-electron chi connectivity index (χ4n) is 2.93. The summed E-state index contributed by atoms with van der Waals surface area (Å²) in [6, 6.07) is 7.38. The van der Waals surface area contributed by atoms with Crippen molar-refractivity contribution in [2.45, 2.75) is 51.6 Å². The van der Waals surface area contributed by atoms with Crippen molar-refractivity contribution in [3.63, 3.8) is 0 Å². The Labute approximate surface area is 134 Å². The van der Waals surface area contributed by atoms with Gasteiger partial charge in [0.05, 0.1) is 6.54 Å². The molecule has 0 spiro atoms. The molecule has 1 aromatic carbocycles. The van der Waals surface area contributed by atoms with E-state index in [9.17, 15) is 9.59 Å². The lowest BCUT2D eigenvalue weighted by Gasteiger charge is -2.25. The molecule has 3 amide bonds. The second kappa shape index (κ2) is 6.60. The summed E-state index contributed by atoms with van der Waals surface area (Å²) in [5, 5.41) is 2.93. The maximum Gasteiger partial charge on any atom is 0.325 e. The number of carbonyl (C=O) groups excluding carboxylic acids is 2. The minimum Gasteiger partial charge on any atom is -0.323 e. The molecular formula is C16H21BrN2O2. The van der Waals surface area contributed by atoms with Crippen molar-refractivity contribution in [3.8, 4) is 0 Å². The maximum atomic E-state index is 12.8. The number of imide groups is 1. The van der Waals surface area contributed by atoms with E-state index in [2.05, 4.69) is 21.2 Å². The number of nitrogens with one attached hydrogen (secondary N) is 1. The Morgan fingerprint density at radius 3 is 2.33 bits per heavy atom. The molecule has 0 radical (unpaired) electrons. The highest BCUT2D eigenvalue weighted by Crippen LogP contribution is 2.30. The van der Waals surface area contributed by atoms with E-state index < -0.39 is 5.54 Å².